The fraction of sp³-hybridized carbons (Fsp3) is 0.462. The molecule has 0 radical (unpaired) electrons. The highest BCUT2D eigenvalue weighted by atomic mass is 32.2. The number of benzene rings is 1. The van der Waals surface area contributed by atoms with E-state index in [1.807, 2.05) is 13.8 Å². The summed E-state index contributed by atoms with van der Waals surface area (Å²) in [5, 5.41) is 0.0164. The number of hydrogen-bond donors (Lipinski definition) is 1. The van der Waals surface area contributed by atoms with Crippen molar-refractivity contribution in [3.8, 4) is 0 Å². The van der Waals surface area contributed by atoms with Crippen LogP contribution in [0.5, 0.6) is 0 Å². The number of pyridine rings is 1. The van der Waals surface area contributed by atoms with Crippen LogP contribution in [0.4, 0.5) is 8.78 Å². The van der Waals surface area contributed by atoms with E-state index >= 15 is 0 Å². The fourth-order valence-corrected chi connectivity index (χ4v) is 8.74. The largest absolute Gasteiger partial charge is 0.319 e. The third-order valence-corrected chi connectivity index (χ3v) is 11.6. The smallest absolute Gasteiger partial charge is 0.295 e. The van der Waals surface area contributed by atoms with E-state index < -0.39 is 38.3 Å². The first-order valence-corrected chi connectivity index (χ1v) is 16.0. The van der Waals surface area contributed by atoms with E-state index in [9.17, 15) is 25.6 Å². The Kier molecular flexibility index (Phi) is 6.31. The minimum Gasteiger partial charge on any atom is -0.319 e. The number of aromatic nitrogens is 4. The lowest BCUT2D eigenvalue weighted by Crippen LogP contribution is -2.35. The third kappa shape index (κ3) is 4.44. The van der Waals surface area contributed by atoms with Crippen LogP contribution in [0.15, 0.2) is 47.6 Å². The fourth-order valence-electron chi connectivity index (χ4n) is 5.83. The summed E-state index contributed by atoms with van der Waals surface area (Å²) in [7, 11) is -7.44. The van der Waals surface area contributed by atoms with Crippen molar-refractivity contribution in [1.29, 1.82) is 0 Å². The summed E-state index contributed by atoms with van der Waals surface area (Å²) in [5.74, 6) is -0.504. The van der Waals surface area contributed by atoms with E-state index in [1.54, 1.807) is 18.2 Å². The van der Waals surface area contributed by atoms with Gasteiger partial charge in [-0.05, 0) is 56.7 Å². The van der Waals surface area contributed by atoms with E-state index in [2.05, 4.69) is 14.7 Å². The van der Waals surface area contributed by atoms with E-state index in [-0.39, 0.29) is 33.3 Å². The highest BCUT2D eigenvalue weighted by Crippen LogP contribution is 2.44. The summed E-state index contributed by atoms with van der Waals surface area (Å²) in [5.41, 5.74) is 1.64. The molecule has 1 aromatic carbocycles. The van der Waals surface area contributed by atoms with Gasteiger partial charge in [0.05, 0.1) is 21.9 Å². The van der Waals surface area contributed by atoms with Gasteiger partial charge in [-0.2, -0.15) is 0 Å². The number of halogens is 2. The molecule has 3 heterocycles. The molecule has 0 spiro atoms. The van der Waals surface area contributed by atoms with E-state index in [4.69, 9.17) is 0 Å². The number of alkyl halides is 2. The SMILES string of the molecule is CC[C@@H]1C[C@H](NS(=O)(=O)C2CC2)C[C@@H]1n1c(C(F)F)nc2cnc3c(ccn3S(=O)(=O)c3ccc(C)cc3)c21. The van der Waals surface area contributed by atoms with Gasteiger partial charge in [0.1, 0.15) is 5.52 Å². The van der Waals surface area contributed by atoms with E-state index in [0.29, 0.717) is 43.0 Å². The Labute approximate surface area is 225 Å². The Hall–Kier alpha value is -2.90. The number of hydrogen-bond acceptors (Lipinski definition) is 6. The monoisotopic (exact) mass is 577 g/mol. The van der Waals surface area contributed by atoms with Gasteiger partial charge in [0.15, 0.2) is 11.5 Å². The Morgan fingerprint density at radius 3 is 2.44 bits per heavy atom. The predicted octanol–water partition coefficient (Wildman–Crippen LogP) is 4.68. The quantitative estimate of drug-likeness (QED) is 0.325. The van der Waals surface area contributed by atoms with Crippen LogP contribution in [0.3, 0.4) is 0 Å². The highest BCUT2D eigenvalue weighted by Gasteiger charge is 2.43. The van der Waals surface area contributed by atoms with Crippen LogP contribution < -0.4 is 4.72 Å². The van der Waals surface area contributed by atoms with Gasteiger partial charge >= 0.3 is 0 Å². The van der Waals surface area contributed by atoms with E-state index in [1.165, 1.54) is 29.1 Å². The second-order valence-electron chi connectivity index (χ2n) is 10.6. The lowest BCUT2D eigenvalue weighted by molar-refractivity contribution is 0.131. The first kappa shape index (κ1) is 26.3. The molecule has 0 saturated heterocycles. The summed E-state index contributed by atoms with van der Waals surface area (Å²) in [6, 6.07) is 7.17. The Morgan fingerprint density at radius 1 is 1.08 bits per heavy atom. The van der Waals surface area contributed by atoms with Gasteiger partial charge in [-0.3, -0.25) is 0 Å². The molecule has 2 fully saturated rings. The second kappa shape index (κ2) is 9.34. The molecule has 3 atom stereocenters. The molecule has 13 heteroatoms. The maximum Gasteiger partial charge on any atom is 0.295 e. The molecule has 3 aromatic heterocycles. The van der Waals surface area contributed by atoms with Crippen LogP contribution in [0.25, 0.3) is 22.1 Å². The van der Waals surface area contributed by atoms with Gasteiger partial charge in [0, 0.05) is 23.7 Å². The van der Waals surface area contributed by atoms with Crippen molar-refractivity contribution in [2.75, 3.05) is 0 Å². The Bertz CT molecular complexity index is 1780. The van der Waals surface area contributed by atoms with Crippen molar-refractivity contribution in [3.63, 3.8) is 0 Å². The van der Waals surface area contributed by atoms with Crippen molar-refractivity contribution in [2.45, 2.75) is 74.6 Å². The zero-order chi connectivity index (χ0) is 27.7. The topological polar surface area (TPSA) is 116 Å². The van der Waals surface area contributed by atoms with Crippen LogP contribution in [0.1, 0.15) is 62.9 Å². The van der Waals surface area contributed by atoms with Gasteiger partial charge in [0.2, 0.25) is 10.0 Å². The minimum absolute atomic E-state index is 0.0756. The molecule has 208 valence electrons. The molecule has 0 unspecified atom stereocenters. The van der Waals surface area contributed by atoms with Gasteiger partial charge < -0.3 is 4.57 Å². The molecule has 0 aliphatic heterocycles. The van der Waals surface area contributed by atoms with E-state index in [0.717, 1.165) is 9.54 Å². The minimum atomic E-state index is -4.00. The molecule has 9 nitrogen and oxygen atoms in total. The van der Waals surface area contributed by atoms with Crippen LogP contribution >= 0.6 is 0 Å². The normalized spacial score (nSPS) is 22.4. The maximum absolute atomic E-state index is 14.4. The van der Waals surface area contributed by atoms with Crippen molar-refractivity contribution >= 4 is 42.1 Å². The van der Waals surface area contributed by atoms with Crippen molar-refractivity contribution in [1.82, 2.24) is 23.2 Å². The summed E-state index contributed by atoms with van der Waals surface area (Å²) < 4.78 is 86.3. The number of nitrogens with one attached hydrogen (secondary N) is 1. The van der Waals surface area contributed by atoms with Gasteiger partial charge in [-0.1, -0.05) is 31.0 Å². The number of nitrogens with zero attached hydrogens (tertiary/aromatic N) is 4. The zero-order valence-electron chi connectivity index (χ0n) is 21.5. The molecule has 2 aliphatic carbocycles. The van der Waals surface area contributed by atoms with Crippen molar-refractivity contribution < 1.29 is 25.6 Å². The number of aryl methyl sites for hydroxylation is 1. The van der Waals surface area contributed by atoms with Crippen LogP contribution in [0.2, 0.25) is 0 Å². The summed E-state index contributed by atoms with van der Waals surface area (Å²) in [6.45, 7) is 3.81. The molecule has 4 aromatic rings. The molecular weight excluding hydrogens is 548 g/mol. The van der Waals surface area contributed by atoms with Gasteiger partial charge in [0.25, 0.3) is 16.4 Å². The standard InChI is InChI=1S/C26H29F2N5O4S2/c1-3-16-12-17(31-38(34,35)18-8-9-18)13-22(16)33-23-20-10-11-32(39(36,37)19-6-4-15(2)5-7-19)25(20)29-14-21(23)30-26(33)24(27)28/h4-7,10-11,14,16-18,22,24,31H,3,8-9,12-13H2,1-2H3/t16-,17+,22+/m1/s1. The first-order valence-electron chi connectivity index (χ1n) is 13.0. The molecule has 1 N–H and O–H groups in total. The summed E-state index contributed by atoms with van der Waals surface area (Å²) in [4.78, 5) is 8.61. The van der Waals surface area contributed by atoms with Gasteiger partial charge in [-0.15, -0.1) is 0 Å². The molecule has 2 aliphatic rings. The first-order chi connectivity index (χ1) is 18.5. The summed E-state index contributed by atoms with van der Waals surface area (Å²) >= 11 is 0. The molecule has 39 heavy (non-hydrogen) atoms. The lowest BCUT2D eigenvalue weighted by Gasteiger charge is -2.23. The maximum atomic E-state index is 14.4. The van der Waals surface area contributed by atoms with Crippen molar-refractivity contribution in [3.05, 3.63) is 54.1 Å². The number of sulfonamides is 1. The summed E-state index contributed by atoms with van der Waals surface area (Å²) in [6.07, 6.45) is 2.61. The lowest BCUT2D eigenvalue weighted by atomic mass is 10.00. The molecular formula is C26H29F2N5O4S2. The molecule has 2 saturated carbocycles. The van der Waals surface area contributed by atoms with Crippen LogP contribution in [-0.2, 0) is 20.0 Å². The molecule has 0 amide bonds. The van der Waals surface area contributed by atoms with Crippen LogP contribution in [-0.4, -0.2) is 46.6 Å². The predicted molar refractivity (Wildman–Crippen MR) is 143 cm³/mol. The molecule has 0 bridgehead atoms. The Balaban J connectivity index is 1.48. The Morgan fingerprint density at radius 2 is 1.79 bits per heavy atom. The highest BCUT2D eigenvalue weighted by molar-refractivity contribution is 7.90. The molecule has 6 rings (SSSR count). The second-order valence-corrected chi connectivity index (χ2v) is 14.4. The number of rotatable bonds is 8. The number of imidazole rings is 1. The van der Waals surface area contributed by atoms with Crippen LogP contribution in [0, 0.1) is 12.8 Å². The number of fused-ring (bicyclic) bond motifs is 3. The van der Waals surface area contributed by atoms with Crippen molar-refractivity contribution in [2.24, 2.45) is 5.92 Å². The average molecular weight is 578 g/mol. The zero-order valence-corrected chi connectivity index (χ0v) is 23.1. The average Bonchev–Trinajstić information content (AvgIpc) is 3.38. The third-order valence-electron chi connectivity index (χ3n) is 7.94. The van der Waals surface area contributed by atoms with Gasteiger partial charge in [-0.25, -0.2) is 44.3 Å².